The summed E-state index contributed by atoms with van der Waals surface area (Å²) in [6, 6.07) is 5.81. The summed E-state index contributed by atoms with van der Waals surface area (Å²) >= 11 is 3.41. The van der Waals surface area contributed by atoms with E-state index in [1.807, 2.05) is 18.2 Å². The zero-order valence-electron chi connectivity index (χ0n) is 9.69. The first kappa shape index (κ1) is 11.7. The zero-order valence-corrected chi connectivity index (χ0v) is 11.3. The summed E-state index contributed by atoms with van der Waals surface area (Å²) in [6.07, 6.45) is 0.859. The molecular formula is C12H13BrN4O. The Morgan fingerprint density at radius 1 is 1.56 bits per heavy atom. The van der Waals surface area contributed by atoms with Crippen LogP contribution in [0.4, 0.5) is 0 Å². The summed E-state index contributed by atoms with van der Waals surface area (Å²) in [4.78, 5) is 14.1. The van der Waals surface area contributed by atoms with Gasteiger partial charge in [-0.05, 0) is 24.6 Å². The van der Waals surface area contributed by atoms with Crippen molar-refractivity contribution in [1.82, 2.24) is 15.1 Å². The van der Waals surface area contributed by atoms with E-state index < -0.39 is 0 Å². The molecule has 0 saturated carbocycles. The number of nitrogens with one attached hydrogen (secondary N) is 1. The lowest BCUT2D eigenvalue weighted by molar-refractivity contribution is 0.0787. The quantitative estimate of drug-likeness (QED) is 0.838. The van der Waals surface area contributed by atoms with Crippen molar-refractivity contribution < 1.29 is 4.79 Å². The Morgan fingerprint density at radius 3 is 3.11 bits per heavy atom. The average molecular weight is 309 g/mol. The first-order chi connectivity index (χ1) is 8.65. The van der Waals surface area contributed by atoms with Crippen LogP contribution >= 0.6 is 15.9 Å². The summed E-state index contributed by atoms with van der Waals surface area (Å²) < 4.78 is 0.934. The molecule has 1 amide bonds. The van der Waals surface area contributed by atoms with Gasteiger partial charge in [-0.25, -0.2) is 0 Å². The Bertz CT molecular complexity index is 609. The molecule has 3 rings (SSSR count). The van der Waals surface area contributed by atoms with Crippen molar-refractivity contribution in [2.24, 2.45) is 5.73 Å². The molecule has 1 aliphatic heterocycles. The minimum Gasteiger partial charge on any atom is -0.336 e. The van der Waals surface area contributed by atoms with E-state index >= 15 is 0 Å². The van der Waals surface area contributed by atoms with Crippen LogP contribution in [0, 0.1) is 0 Å². The number of carbonyl (C=O) groups excluding carboxylic acids is 1. The maximum absolute atomic E-state index is 12.4. The third-order valence-corrected chi connectivity index (χ3v) is 3.73. The number of nitrogens with two attached hydrogens (primary N) is 1. The Balaban J connectivity index is 1.99. The summed E-state index contributed by atoms with van der Waals surface area (Å²) in [5, 5.41) is 7.85. The number of aromatic nitrogens is 2. The van der Waals surface area contributed by atoms with E-state index in [4.69, 9.17) is 5.73 Å². The highest BCUT2D eigenvalue weighted by Crippen LogP contribution is 2.23. The van der Waals surface area contributed by atoms with Crippen molar-refractivity contribution >= 4 is 32.7 Å². The van der Waals surface area contributed by atoms with Gasteiger partial charge in [0.1, 0.15) is 0 Å². The second kappa shape index (κ2) is 4.37. The fourth-order valence-corrected chi connectivity index (χ4v) is 2.63. The number of hydrogen-bond donors (Lipinski definition) is 2. The second-order valence-electron chi connectivity index (χ2n) is 4.56. The Hall–Kier alpha value is -1.40. The van der Waals surface area contributed by atoms with Gasteiger partial charge in [0.25, 0.3) is 5.91 Å². The number of carbonyl (C=O) groups is 1. The van der Waals surface area contributed by atoms with E-state index in [1.165, 1.54) is 0 Å². The first-order valence-electron chi connectivity index (χ1n) is 5.83. The fraction of sp³-hybridized carbons (Fsp3) is 0.333. The van der Waals surface area contributed by atoms with E-state index in [2.05, 4.69) is 26.1 Å². The highest BCUT2D eigenvalue weighted by Gasteiger charge is 2.27. The van der Waals surface area contributed by atoms with Gasteiger partial charge < -0.3 is 10.6 Å². The van der Waals surface area contributed by atoms with E-state index in [0.29, 0.717) is 18.8 Å². The molecule has 5 nitrogen and oxygen atoms in total. The number of nitrogens with zero attached hydrogens (tertiary/aromatic N) is 2. The summed E-state index contributed by atoms with van der Waals surface area (Å²) in [7, 11) is 0. The van der Waals surface area contributed by atoms with Crippen LogP contribution in [0.25, 0.3) is 10.9 Å². The minimum atomic E-state index is -0.0488. The van der Waals surface area contributed by atoms with Gasteiger partial charge in [-0.1, -0.05) is 15.9 Å². The van der Waals surface area contributed by atoms with Crippen LogP contribution in [0.3, 0.4) is 0 Å². The van der Waals surface area contributed by atoms with Crippen LogP contribution in [-0.2, 0) is 0 Å². The molecule has 1 aromatic heterocycles. The Morgan fingerprint density at radius 2 is 2.39 bits per heavy atom. The first-order valence-corrected chi connectivity index (χ1v) is 6.63. The maximum atomic E-state index is 12.4. The van der Waals surface area contributed by atoms with Gasteiger partial charge >= 0.3 is 0 Å². The van der Waals surface area contributed by atoms with Crippen LogP contribution in [-0.4, -0.2) is 40.1 Å². The molecule has 1 atom stereocenters. The van der Waals surface area contributed by atoms with Crippen molar-refractivity contribution in [3.63, 3.8) is 0 Å². The smallest absolute Gasteiger partial charge is 0.275 e. The van der Waals surface area contributed by atoms with Gasteiger partial charge in [0, 0.05) is 29.0 Å². The lowest BCUT2D eigenvalue weighted by Gasteiger charge is -2.14. The van der Waals surface area contributed by atoms with Crippen molar-refractivity contribution in [2.75, 3.05) is 13.1 Å². The van der Waals surface area contributed by atoms with Crippen LogP contribution < -0.4 is 5.73 Å². The van der Waals surface area contributed by atoms with E-state index in [9.17, 15) is 4.79 Å². The van der Waals surface area contributed by atoms with Crippen molar-refractivity contribution in [2.45, 2.75) is 12.5 Å². The van der Waals surface area contributed by atoms with E-state index in [-0.39, 0.29) is 11.9 Å². The number of aromatic amines is 1. The van der Waals surface area contributed by atoms with Gasteiger partial charge in [0.2, 0.25) is 0 Å². The third kappa shape index (κ3) is 1.91. The predicted molar refractivity (Wildman–Crippen MR) is 72.3 cm³/mol. The number of H-pyrrole nitrogens is 1. The van der Waals surface area contributed by atoms with Crippen molar-refractivity contribution in [3.8, 4) is 0 Å². The molecule has 1 aliphatic rings. The fourth-order valence-electron chi connectivity index (χ4n) is 2.27. The minimum absolute atomic E-state index is 0.0488. The van der Waals surface area contributed by atoms with Crippen LogP contribution in [0.2, 0.25) is 0 Å². The summed E-state index contributed by atoms with van der Waals surface area (Å²) in [5.74, 6) is -0.0488. The number of rotatable bonds is 1. The molecule has 1 aromatic carbocycles. The van der Waals surface area contributed by atoms with Gasteiger partial charge in [-0.3, -0.25) is 9.89 Å². The normalized spacial score (nSPS) is 19.7. The maximum Gasteiger partial charge on any atom is 0.275 e. The van der Waals surface area contributed by atoms with E-state index in [0.717, 1.165) is 21.8 Å². The topological polar surface area (TPSA) is 75.0 Å². The highest BCUT2D eigenvalue weighted by molar-refractivity contribution is 9.10. The molecule has 1 fully saturated rings. The summed E-state index contributed by atoms with van der Waals surface area (Å²) in [5.41, 5.74) is 7.16. The standard InChI is InChI=1S/C12H13BrN4O/c13-7-1-2-10-9(5-7)11(16-15-10)12(18)17-4-3-8(14)6-17/h1-2,5,8H,3-4,6,14H2,(H,15,16). The Labute approximate surface area is 112 Å². The number of hydrogen-bond acceptors (Lipinski definition) is 3. The molecule has 1 unspecified atom stereocenters. The molecular weight excluding hydrogens is 296 g/mol. The zero-order chi connectivity index (χ0) is 12.7. The molecule has 0 spiro atoms. The molecule has 0 aliphatic carbocycles. The molecule has 94 valence electrons. The predicted octanol–water partition coefficient (Wildman–Crippen LogP) is 1.50. The largest absolute Gasteiger partial charge is 0.336 e. The number of amides is 1. The summed E-state index contributed by atoms with van der Waals surface area (Å²) in [6.45, 7) is 1.32. The van der Waals surface area contributed by atoms with Gasteiger partial charge in [-0.2, -0.15) is 5.10 Å². The molecule has 0 radical (unpaired) electrons. The van der Waals surface area contributed by atoms with Crippen LogP contribution in [0.15, 0.2) is 22.7 Å². The van der Waals surface area contributed by atoms with Gasteiger partial charge in [0.15, 0.2) is 5.69 Å². The van der Waals surface area contributed by atoms with Gasteiger partial charge in [0.05, 0.1) is 5.52 Å². The van der Waals surface area contributed by atoms with Crippen LogP contribution in [0.1, 0.15) is 16.9 Å². The average Bonchev–Trinajstić information content (AvgIpc) is 2.94. The van der Waals surface area contributed by atoms with Crippen molar-refractivity contribution in [1.29, 1.82) is 0 Å². The number of likely N-dealkylation sites (tertiary alicyclic amines) is 1. The Kier molecular flexibility index (Phi) is 2.83. The molecule has 2 heterocycles. The van der Waals surface area contributed by atoms with Gasteiger partial charge in [-0.15, -0.1) is 0 Å². The lowest BCUT2D eigenvalue weighted by Crippen LogP contribution is -2.32. The number of halogens is 1. The van der Waals surface area contributed by atoms with Crippen molar-refractivity contribution in [3.05, 3.63) is 28.4 Å². The third-order valence-electron chi connectivity index (χ3n) is 3.24. The molecule has 18 heavy (non-hydrogen) atoms. The molecule has 1 saturated heterocycles. The van der Waals surface area contributed by atoms with E-state index in [1.54, 1.807) is 4.90 Å². The molecule has 6 heteroatoms. The highest BCUT2D eigenvalue weighted by atomic mass is 79.9. The molecule has 3 N–H and O–H groups in total. The van der Waals surface area contributed by atoms with Crippen LogP contribution in [0.5, 0.6) is 0 Å². The number of benzene rings is 1. The molecule has 0 bridgehead atoms. The number of fused-ring (bicyclic) bond motifs is 1. The SMILES string of the molecule is NC1CCN(C(=O)c2n[nH]c3ccc(Br)cc23)C1. The molecule has 2 aromatic rings. The second-order valence-corrected chi connectivity index (χ2v) is 5.48. The monoisotopic (exact) mass is 308 g/mol. The lowest BCUT2D eigenvalue weighted by atomic mass is 10.2.